The van der Waals surface area contributed by atoms with E-state index in [1.54, 1.807) is 7.05 Å². The topological polar surface area (TPSA) is 65.5 Å². The third kappa shape index (κ3) is 8.30. The average molecular weight is 545 g/mol. The molecule has 0 saturated heterocycles. The van der Waals surface area contributed by atoms with Crippen molar-refractivity contribution in [3.8, 4) is 0 Å². The maximum atomic E-state index is 11.7. The SMILES string of the molecule is CCNC(=NCc1ccc(Br)cc1)NCCc1cccc(C(=O)NC)c1.I. The molecule has 0 aliphatic heterocycles. The maximum absolute atomic E-state index is 11.7. The molecule has 7 heteroatoms. The van der Waals surface area contributed by atoms with Crippen molar-refractivity contribution in [1.82, 2.24) is 16.0 Å². The van der Waals surface area contributed by atoms with Crippen LogP contribution in [0, 0.1) is 0 Å². The molecular formula is C20H26BrIN4O. The Morgan fingerprint density at radius 1 is 1.07 bits per heavy atom. The van der Waals surface area contributed by atoms with Gasteiger partial charge in [-0.2, -0.15) is 0 Å². The summed E-state index contributed by atoms with van der Waals surface area (Å²) in [6.07, 6.45) is 0.813. The molecule has 0 heterocycles. The molecule has 2 aromatic carbocycles. The Morgan fingerprint density at radius 2 is 1.81 bits per heavy atom. The van der Waals surface area contributed by atoms with Gasteiger partial charge in [-0.25, -0.2) is 4.99 Å². The second-order valence-corrected chi connectivity index (χ2v) is 6.69. The van der Waals surface area contributed by atoms with Crippen LogP contribution in [0.25, 0.3) is 0 Å². The van der Waals surface area contributed by atoms with Crippen molar-refractivity contribution in [1.29, 1.82) is 0 Å². The van der Waals surface area contributed by atoms with Crippen LogP contribution in [-0.2, 0) is 13.0 Å². The van der Waals surface area contributed by atoms with Gasteiger partial charge < -0.3 is 16.0 Å². The Balaban J connectivity index is 0.00000364. The maximum Gasteiger partial charge on any atom is 0.251 e. The number of rotatable bonds is 7. The number of nitrogens with zero attached hydrogens (tertiary/aromatic N) is 1. The van der Waals surface area contributed by atoms with Crippen molar-refractivity contribution in [3.63, 3.8) is 0 Å². The first-order valence-electron chi connectivity index (χ1n) is 8.70. The van der Waals surface area contributed by atoms with Gasteiger partial charge in [0.1, 0.15) is 0 Å². The molecule has 0 radical (unpaired) electrons. The summed E-state index contributed by atoms with van der Waals surface area (Å²) < 4.78 is 1.06. The number of carbonyl (C=O) groups excluding carboxylic acids is 1. The molecular weight excluding hydrogens is 519 g/mol. The summed E-state index contributed by atoms with van der Waals surface area (Å²) in [5, 5.41) is 9.25. The standard InChI is InChI=1S/C20H25BrN4O.HI/c1-3-23-20(25-14-16-7-9-18(21)10-8-16)24-12-11-15-5-4-6-17(13-15)19(26)22-2;/h4-10,13H,3,11-12,14H2,1-2H3,(H,22,26)(H2,23,24,25);1H. The summed E-state index contributed by atoms with van der Waals surface area (Å²) in [5.74, 6) is 0.724. The highest BCUT2D eigenvalue weighted by molar-refractivity contribution is 14.0. The molecule has 0 fully saturated rings. The second-order valence-electron chi connectivity index (χ2n) is 5.78. The molecule has 3 N–H and O–H groups in total. The molecule has 5 nitrogen and oxygen atoms in total. The number of guanidine groups is 1. The largest absolute Gasteiger partial charge is 0.357 e. The first-order chi connectivity index (χ1) is 12.6. The lowest BCUT2D eigenvalue weighted by Gasteiger charge is -2.12. The van der Waals surface area contributed by atoms with Gasteiger partial charge in [-0.15, -0.1) is 24.0 Å². The zero-order chi connectivity index (χ0) is 18.8. The Kier molecular flexibility index (Phi) is 11.0. The van der Waals surface area contributed by atoms with Crippen molar-refractivity contribution in [2.75, 3.05) is 20.1 Å². The molecule has 1 amide bonds. The zero-order valence-corrected chi connectivity index (χ0v) is 19.5. The smallest absolute Gasteiger partial charge is 0.251 e. The number of halogens is 2. The number of hydrogen-bond donors (Lipinski definition) is 3. The van der Waals surface area contributed by atoms with E-state index in [1.165, 1.54) is 0 Å². The van der Waals surface area contributed by atoms with E-state index in [2.05, 4.69) is 49.0 Å². The quantitative estimate of drug-likeness (QED) is 0.283. The molecule has 146 valence electrons. The predicted molar refractivity (Wildman–Crippen MR) is 126 cm³/mol. The van der Waals surface area contributed by atoms with E-state index < -0.39 is 0 Å². The number of carbonyl (C=O) groups is 1. The fourth-order valence-electron chi connectivity index (χ4n) is 2.44. The molecule has 27 heavy (non-hydrogen) atoms. The van der Waals surface area contributed by atoms with Crippen LogP contribution < -0.4 is 16.0 Å². The lowest BCUT2D eigenvalue weighted by atomic mass is 10.1. The lowest BCUT2D eigenvalue weighted by Crippen LogP contribution is -2.38. The summed E-state index contributed by atoms with van der Waals surface area (Å²) in [5.41, 5.74) is 2.95. The molecule has 0 bridgehead atoms. The van der Waals surface area contributed by atoms with Crippen molar-refractivity contribution < 1.29 is 4.79 Å². The molecule has 0 atom stereocenters. The minimum atomic E-state index is -0.0655. The van der Waals surface area contributed by atoms with E-state index in [-0.39, 0.29) is 29.9 Å². The van der Waals surface area contributed by atoms with Gasteiger partial charge >= 0.3 is 0 Å². The van der Waals surface area contributed by atoms with E-state index in [9.17, 15) is 4.79 Å². The second kappa shape index (κ2) is 12.7. The van der Waals surface area contributed by atoms with Crippen LogP contribution in [0.5, 0.6) is 0 Å². The monoisotopic (exact) mass is 544 g/mol. The fourth-order valence-corrected chi connectivity index (χ4v) is 2.70. The van der Waals surface area contributed by atoms with Crippen LogP contribution >= 0.6 is 39.9 Å². The van der Waals surface area contributed by atoms with Gasteiger partial charge in [0.2, 0.25) is 0 Å². The highest BCUT2D eigenvalue weighted by Crippen LogP contribution is 2.11. The van der Waals surface area contributed by atoms with Crippen LogP contribution in [0.4, 0.5) is 0 Å². The summed E-state index contributed by atoms with van der Waals surface area (Å²) in [6, 6.07) is 15.8. The Labute approximate surface area is 186 Å². The van der Waals surface area contributed by atoms with E-state index >= 15 is 0 Å². The summed E-state index contributed by atoms with van der Waals surface area (Å²) in [4.78, 5) is 16.3. The first-order valence-corrected chi connectivity index (χ1v) is 9.49. The van der Waals surface area contributed by atoms with E-state index in [0.717, 1.165) is 41.1 Å². The van der Waals surface area contributed by atoms with Crippen molar-refractivity contribution in [3.05, 3.63) is 69.7 Å². The summed E-state index contributed by atoms with van der Waals surface area (Å²) in [6.45, 7) is 4.21. The third-order valence-electron chi connectivity index (χ3n) is 3.80. The van der Waals surface area contributed by atoms with Gasteiger partial charge in [-0.1, -0.05) is 40.2 Å². The van der Waals surface area contributed by atoms with Gasteiger partial charge in [0.25, 0.3) is 5.91 Å². The average Bonchev–Trinajstić information content (AvgIpc) is 2.67. The first kappa shape index (κ1) is 23.4. The summed E-state index contributed by atoms with van der Waals surface area (Å²) in [7, 11) is 1.64. The third-order valence-corrected chi connectivity index (χ3v) is 4.33. The number of nitrogens with one attached hydrogen (secondary N) is 3. The molecule has 2 rings (SSSR count). The normalized spacial score (nSPS) is 10.7. The van der Waals surface area contributed by atoms with E-state index in [4.69, 9.17) is 0 Å². The van der Waals surface area contributed by atoms with Crippen LogP contribution in [0.1, 0.15) is 28.4 Å². The van der Waals surface area contributed by atoms with Crippen molar-refractivity contribution in [2.24, 2.45) is 4.99 Å². The van der Waals surface area contributed by atoms with Gasteiger partial charge in [0.15, 0.2) is 5.96 Å². The van der Waals surface area contributed by atoms with Crippen LogP contribution in [0.3, 0.4) is 0 Å². The van der Waals surface area contributed by atoms with Gasteiger partial charge in [-0.05, 0) is 48.7 Å². The molecule has 2 aromatic rings. The molecule has 0 spiro atoms. The fraction of sp³-hybridized carbons (Fsp3) is 0.300. The van der Waals surface area contributed by atoms with Crippen molar-refractivity contribution >= 4 is 51.8 Å². The van der Waals surface area contributed by atoms with Gasteiger partial charge in [-0.3, -0.25) is 4.79 Å². The van der Waals surface area contributed by atoms with Gasteiger partial charge in [0.05, 0.1) is 6.54 Å². The highest BCUT2D eigenvalue weighted by atomic mass is 127. The Bertz CT molecular complexity index is 750. The predicted octanol–water partition coefficient (Wildman–Crippen LogP) is 3.72. The molecule has 0 aliphatic rings. The molecule has 0 saturated carbocycles. The molecule has 0 unspecified atom stereocenters. The zero-order valence-electron chi connectivity index (χ0n) is 15.6. The minimum absolute atomic E-state index is 0. The minimum Gasteiger partial charge on any atom is -0.357 e. The highest BCUT2D eigenvalue weighted by Gasteiger charge is 2.04. The molecule has 0 aromatic heterocycles. The number of aliphatic imine (C=N–C) groups is 1. The Morgan fingerprint density at radius 3 is 2.48 bits per heavy atom. The van der Waals surface area contributed by atoms with Crippen LogP contribution in [0.2, 0.25) is 0 Å². The number of amides is 1. The summed E-state index contributed by atoms with van der Waals surface area (Å²) >= 11 is 3.44. The molecule has 0 aliphatic carbocycles. The van der Waals surface area contributed by atoms with Gasteiger partial charge in [0, 0.05) is 30.2 Å². The Hall–Kier alpha value is -1.61. The van der Waals surface area contributed by atoms with Crippen LogP contribution in [-0.4, -0.2) is 32.0 Å². The van der Waals surface area contributed by atoms with Crippen LogP contribution in [0.15, 0.2) is 58.0 Å². The van der Waals surface area contributed by atoms with E-state index in [0.29, 0.717) is 12.1 Å². The number of benzene rings is 2. The number of hydrogen-bond acceptors (Lipinski definition) is 2. The van der Waals surface area contributed by atoms with E-state index in [1.807, 2.05) is 43.3 Å². The van der Waals surface area contributed by atoms with Crippen molar-refractivity contribution in [2.45, 2.75) is 19.9 Å². The lowest BCUT2D eigenvalue weighted by molar-refractivity contribution is 0.0963.